The van der Waals surface area contributed by atoms with Crippen molar-refractivity contribution in [2.45, 2.75) is 62.6 Å². The summed E-state index contributed by atoms with van der Waals surface area (Å²) in [7, 11) is 0. The monoisotopic (exact) mass is 265 g/mol. The van der Waals surface area contributed by atoms with E-state index in [1.165, 1.54) is 37.7 Å². The van der Waals surface area contributed by atoms with E-state index in [1.54, 1.807) is 0 Å². The molecular formula is C14H23N3S. The first-order valence-electron chi connectivity index (χ1n) is 7.03. The number of rotatable bonds is 5. The summed E-state index contributed by atoms with van der Waals surface area (Å²) < 4.78 is 0. The summed E-state index contributed by atoms with van der Waals surface area (Å²) in [6, 6.07) is 0. The maximum Gasteiger partial charge on any atom is 0.223 e. The highest BCUT2D eigenvalue weighted by molar-refractivity contribution is 7.99. The van der Waals surface area contributed by atoms with Crippen LogP contribution in [0.4, 0.5) is 5.95 Å². The van der Waals surface area contributed by atoms with Crippen LogP contribution < -0.4 is 5.32 Å². The lowest BCUT2D eigenvalue weighted by molar-refractivity contribution is 0.515. The minimum absolute atomic E-state index is 0.756. The van der Waals surface area contributed by atoms with Crippen LogP contribution in [0.25, 0.3) is 0 Å². The molecule has 1 heterocycles. The number of aromatic nitrogens is 2. The molecule has 3 nitrogen and oxygen atoms in total. The maximum atomic E-state index is 4.64. The van der Waals surface area contributed by atoms with E-state index in [4.69, 9.17) is 0 Å². The predicted molar refractivity (Wildman–Crippen MR) is 78.3 cm³/mol. The van der Waals surface area contributed by atoms with Gasteiger partial charge in [-0.2, -0.15) is 0 Å². The van der Waals surface area contributed by atoms with Crippen LogP contribution >= 0.6 is 11.8 Å². The van der Waals surface area contributed by atoms with Gasteiger partial charge >= 0.3 is 0 Å². The zero-order chi connectivity index (χ0) is 12.8. The number of hydrogen-bond acceptors (Lipinski definition) is 4. The molecule has 1 fully saturated rings. The number of aryl methyl sites for hydroxylation is 1. The summed E-state index contributed by atoms with van der Waals surface area (Å²) >= 11 is 1.95. The average Bonchev–Trinajstić information content (AvgIpc) is 2.41. The Morgan fingerprint density at radius 2 is 2.11 bits per heavy atom. The van der Waals surface area contributed by atoms with Gasteiger partial charge in [0.2, 0.25) is 5.95 Å². The summed E-state index contributed by atoms with van der Waals surface area (Å²) in [6.07, 6.45) is 9.88. The molecule has 0 atom stereocenters. The second kappa shape index (κ2) is 6.98. The van der Waals surface area contributed by atoms with Crippen LogP contribution in [0.5, 0.6) is 0 Å². The highest BCUT2D eigenvalue weighted by Crippen LogP contribution is 2.34. The number of anilines is 1. The molecule has 0 radical (unpaired) electrons. The van der Waals surface area contributed by atoms with Gasteiger partial charge in [0.1, 0.15) is 5.03 Å². The van der Waals surface area contributed by atoms with Crippen molar-refractivity contribution in [3.05, 3.63) is 11.8 Å². The topological polar surface area (TPSA) is 37.8 Å². The third kappa shape index (κ3) is 3.87. The minimum Gasteiger partial charge on any atom is -0.354 e. The van der Waals surface area contributed by atoms with E-state index in [9.17, 15) is 0 Å². The number of thioether (sulfide) groups is 1. The Hall–Kier alpha value is -0.770. The van der Waals surface area contributed by atoms with Gasteiger partial charge in [0.25, 0.3) is 0 Å². The van der Waals surface area contributed by atoms with Gasteiger partial charge in [-0.25, -0.2) is 9.97 Å². The normalized spacial score (nSPS) is 16.8. The molecule has 1 N–H and O–H groups in total. The summed E-state index contributed by atoms with van der Waals surface area (Å²) in [6.45, 7) is 5.20. The van der Waals surface area contributed by atoms with E-state index >= 15 is 0 Å². The molecule has 0 saturated heterocycles. The standard InChI is InChI=1S/C14H23N3S/c1-3-9-15-14-16-10-11(2)13(17-14)18-12-7-5-4-6-8-12/h10,12H,3-9H2,1-2H3,(H,15,16,17). The molecule has 2 rings (SSSR count). The molecule has 1 aliphatic carbocycles. The molecule has 1 saturated carbocycles. The SMILES string of the molecule is CCCNc1ncc(C)c(SC2CCCCC2)n1. The van der Waals surface area contributed by atoms with Gasteiger partial charge in [-0.3, -0.25) is 0 Å². The number of nitrogens with one attached hydrogen (secondary N) is 1. The number of nitrogens with zero attached hydrogens (tertiary/aromatic N) is 2. The Morgan fingerprint density at radius 1 is 1.33 bits per heavy atom. The third-order valence-corrected chi connectivity index (χ3v) is 4.73. The Labute approximate surface area is 114 Å². The second-order valence-electron chi connectivity index (χ2n) is 4.99. The van der Waals surface area contributed by atoms with Crippen LogP contribution in [-0.4, -0.2) is 21.8 Å². The second-order valence-corrected chi connectivity index (χ2v) is 6.28. The first-order chi connectivity index (χ1) is 8.79. The van der Waals surface area contributed by atoms with Crippen LogP contribution in [0.15, 0.2) is 11.2 Å². The molecule has 0 bridgehead atoms. The van der Waals surface area contributed by atoms with Crippen molar-refractivity contribution in [2.75, 3.05) is 11.9 Å². The van der Waals surface area contributed by atoms with Crippen LogP contribution in [-0.2, 0) is 0 Å². The van der Waals surface area contributed by atoms with Crippen molar-refractivity contribution < 1.29 is 0 Å². The van der Waals surface area contributed by atoms with Crippen molar-refractivity contribution in [2.24, 2.45) is 0 Å². The van der Waals surface area contributed by atoms with E-state index in [0.29, 0.717) is 0 Å². The molecule has 0 aromatic carbocycles. The lowest BCUT2D eigenvalue weighted by atomic mass is 10.0. The Bertz CT molecular complexity index is 375. The molecular weight excluding hydrogens is 242 g/mol. The quantitative estimate of drug-likeness (QED) is 0.816. The maximum absolute atomic E-state index is 4.64. The lowest BCUT2D eigenvalue weighted by Gasteiger charge is -2.21. The first-order valence-corrected chi connectivity index (χ1v) is 7.91. The molecule has 1 aliphatic rings. The van der Waals surface area contributed by atoms with E-state index in [1.807, 2.05) is 18.0 Å². The van der Waals surface area contributed by atoms with Gasteiger partial charge in [-0.1, -0.05) is 26.2 Å². The highest BCUT2D eigenvalue weighted by atomic mass is 32.2. The predicted octanol–water partition coefficient (Wildman–Crippen LogP) is 4.03. The molecule has 4 heteroatoms. The molecule has 0 unspecified atom stereocenters. The molecule has 0 aliphatic heterocycles. The fourth-order valence-electron chi connectivity index (χ4n) is 2.21. The summed E-state index contributed by atoms with van der Waals surface area (Å²) in [5.41, 5.74) is 1.20. The first kappa shape index (κ1) is 13.7. The fraction of sp³-hybridized carbons (Fsp3) is 0.714. The molecule has 100 valence electrons. The zero-order valence-corrected chi connectivity index (χ0v) is 12.2. The van der Waals surface area contributed by atoms with Gasteiger partial charge in [0.15, 0.2) is 0 Å². The third-order valence-electron chi connectivity index (χ3n) is 3.29. The largest absolute Gasteiger partial charge is 0.354 e. The lowest BCUT2D eigenvalue weighted by Crippen LogP contribution is -2.10. The van der Waals surface area contributed by atoms with Crippen molar-refractivity contribution in [1.29, 1.82) is 0 Å². The Kier molecular flexibility index (Phi) is 5.29. The van der Waals surface area contributed by atoms with Crippen molar-refractivity contribution in [3.63, 3.8) is 0 Å². The summed E-state index contributed by atoms with van der Waals surface area (Å²) in [5, 5.41) is 5.18. The molecule has 0 amide bonds. The molecule has 1 aromatic rings. The Morgan fingerprint density at radius 3 is 2.83 bits per heavy atom. The minimum atomic E-state index is 0.756. The van der Waals surface area contributed by atoms with E-state index in [0.717, 1.165) is 29.2 Å². The van der Waals surface area contributed by atoms with E-state index < -0.39 is 0 Å². The molecule has 1 aromatic heterocycles. The van der Waals surface area contributed by atoms with Gasteiger partial charge in [0, 0.05) is 18.0 Å². The van der Waals surface area contributed by atoms with Crippen molar-refractivity contribution in [3.8, 4) is 0 Å². The van der Waals surface area contributed by atoms with E-state index in [-0.39, 0.29) is 0 Å². The smallest absolute Gasteiger partial charge is 0.223 e. The Balaban J connectivity index is 2.00. The number of hydrogen-bond donors (Lipinski definition) is 1. The van der Waals surface area contributed by atoms with Gasteiger partial charge in [0.05, 0.1) is 0 Å². The highest BCUT2D eigenvalue weighted by Gasteiger charge is 2.16. The molecule has 0 spiro atoms. The van der Waals surface area contributed by atoms with Crippen LogP contribution in [0.3, 0.4) is 0 Å². The molecule has 18 heavy (non-hydrogen) atoms. The summed E-state index contributed by atoms with van der Waals surface area (Å²) in [4.78, 5) is 8.98. The van der Waals surface area contributed by atoms with Crippen LogP contribution in [0, 0.1) is 6.92 Å². The zero-order valence-electron chi connectivity index (χ0n) is 11.4. The van der Waals surface area contributed by atoms with Gasteiger partial charge in [-0.15, -0.1) is 11.8 Å². The van der Waals surface area contributed by atoms with Crippen LogP contribution in [0.1, 0.15) is 51.0 Å². The summed E-state index contributed by atoms with van der Waals surface area (Å²) in [5.74, 6) is 0.778. The van der Waals surface area contributed by atoms with E-state index in [2.05, 4.69) is 29.1 Å². The van der Waals surface area contributed by atoms with Gasteiger partial charge in [-0.05, 0) is 31.7 Å². The van der Waals surface area contributed by atoms with Crippen LogP contribution in [0.2, 0.25) is 0 Å². The van der Waals surface area contributed by atoms with Crippen molar-refractivity contribution >= 4 is 17.7 Å². The van der Waals surface area contributed by atoms with Crippen molar-refractivity contribution in [1.82, 2.24) is 9.97 Å². The van der Waals surface area contributed by atoms with Gasteiger partial charge < -0.3 is 5.32 Å². The average molecular weight is 265 g/mol. The fourth-order valence-corrected chi connectivity index (χ4v) is 3.47.